The Hall–Kier alpha value is -1.03. The Kier molecular flexibility index (Phi) is 4.02. The first kappa shape index (κ1) is 17.0. The summed E-state index contributed by atoms with van der Waals surface area (Å²) >= 11 is 0. The van der Waals surface area contributed by atoms with Crippen molar-refractivity contribution in [1.29, 1.82) is 0 Å². The first-order chi connectivity index (χ1) is 7.57. The zero-order valence-electron chi connectivity index (χ0n) is 8.16. The van der Waals surface area contributed by atoms with Crippen molar-refractivity contribution in [1.82, 2.24) is 0 Å². The van der Waals surface area contributed by atoms with Crippen LogP contribution in [0, 0.1) is 0 Å². The molecular weight excluding hydrogens is 293 g/mol. The van der Waals surface area contributed by atoms with Crippen LogP contribution in [0.1, 0.15) is 6.92 Å². The Balaban J connectivity index is 6.13. The largest absolute Gasteiger partial charge is 0.438 e. The van der Waals surface area contributed by atoms with Gasteiger partial charge in [0.1, 0.15) is 0 Å². The molecule has 0 saturated heterocycles. The fourth-order valence-corrected chi connectivity index (χ4v) is 0.792. The standard InChI is InChI=1S/C7H3F11/c1-2(5(10,11)12)3(8)4(9,6(13,14)15)7(16,17)18/h1H3/b3-2+. The highest BCUT2D eigenvalue weighted by Gasteiger charge is 2.76. The van der Waals surface area contributed by atoms with Crippen molar-refractivity contribution >= 4 is 0 Å². The number of allylic oxidation sites excluding steroid dienone is 2. The van der Waals surface area contributed by atoms with E-state index in [-0.39, 0.29) is 0 Å². The molecule has 0 saturated carbocycles. The lowest BCUT2D eigenvalue weighted by molar-refractivity contribution is -0.332. The Labute approximate surface area is 92.1 Å². The van der Waals surface area contributed by atoms with Gasteiger partial charge in [-0.3, -0.25) is 0 Å². The minimum atomic E-state index is -6.91. The third-order valence-corrected chi connectivity index (χ3v) is 1.84. The molecule has 108 valence electrons. The molecule has 0 amide bonds. The van der Waals surface area contributed by atoms with Gasteiger partial charge in [-0.2, -0.15) is 39.5 Å². The van der Waals surface area contributed by atoms with Crippen LogP contribution in [0.4, 0.5) is 48.3 Å². The molecule has 0 heterocycles. The van der Waals surface area contributed by atoms with Crippen LogP contribution in [0.25, 0.3) is 0 Å². The minimum Gasteiger partial charge on any atom is -0.215 e. The highest BCUT2D eigenvalue weighted by Crippen LogP contribution is 2.53. The van der Waals surface area contributed by atoms with Crippen LogP contribution in [-0.4, -0.2) is 24.2 Å². The molecule has 0 aliphatic carbocycles. The zero-order valence-corrected chi connectivity index (χ0v) is 8.16. The molecule has 18 heavy (non-hydrogen) atoms. The van der Waals surface area contributed by atoms with Gasteiger partial charge in [0.15, 0.2) is 5.83 Å². The Morgan fingerprint density at radius 1 is 0.667 bits per heavy atom. The summed E-state index contributed by atoms with van der Waals surface area (Å²) in [6, 6.07) is 0. The Bertz CT molecular complexity index is 324. The smallest absolute Gasteiger partial charge is 0.215 e. The number of halogens is 11. The first-order valence-electron chi connectivity index (χ1n) is 3.83. The van der Waals surface area contributed by atoms with Gasteiger partial charge >= 0.3 is 24.2 Å². The van der Waals surface area contributed by atoms with Gasteiger partial charge in [0, 0.05) is 0 Å². The third kappa shape index (κ3) is 2.69. The van der Waals surface area contributed by atoms with Crippen molar-refractivity contribution in [2.24, 2.45) is 0 Å². The molecule has 0 unspecified atom stereocenters. The van der Waals surface area contributed by atoms with E-state index < -0.39 is 42.5 Å². The lowest BCUT2D eigenvalue weighted by Crippen LogP contribution is -2.54. The van der Waals surface area contributed by atoms with Gasteiger partial charge in [0.05, 0.1) is 5.57 Å². The predicted octanol–water partition coefficient (Wildman–Crippen LogP) is 4.63. The number of alkyl halides is 10. The zero-order chi connectivity index (χ0) is 15.2. The lowest BCUT2D eigenvalue weighted by atomic mass is 9.99. The maximum atomic E-state index is 12.8. The van der Waals surface area contributed by atoms with Crippen LogP contribution in [0.3, 0.4) is 0 Å². The predicted molar refractivity (Wildman–Crippen MR) is 35.8 cm³/mol. The molecule has 0 aromatic carbocycles. The van der Waals surface area contributed by atoms with Crippen LogP contribution in [0.15, 0.2) is 11.4 Å². The van der Waals surface area contributed by atoms with Gasteiger partial charge < -0.3 is 0 Å². The van der Waals surface area contributed by atoms with E-state index in [1.54, 1.807) is 0 Å². The monoisotopic (exact) mass is 296 g/mol. The molecule has 0 rings (SSSR count). The molecule has 0 aromatic heterocycles. The maximum Gasteiger partial charge on any atom is 0.438 e. The van der Waals surface area contributed by atoms with Crippen molar-refractivity contribution in [2.45, 2.75) is 31.1 Å². The molecular formula is C7H3F11. The van der Waals surface area contributed by atoms with Crippen LogP contribution < -0.4 is 0 Å². The fourth-order valence-electron chi connectivity index (χ4n) is 0.792. The van der Waals surface area contributed by atoms with Gasteiger partial charge in [-0.1, -0.05) is 0 Å². The second-order valence-corrected chi connectivity index (χ2v) is 3.09. The highest BCUT2D eigenvalue weighted by atomic mass is 19.4. The average molecular weight is 296 g/mol. The Morgan fingerprint density at radius 2 is 0.944 bits per heavy atom. The summed E-state index contributed by atoms with van der Waals surface area (Å²) in [6.07, 6.45) is -19.7. The van der Waals surface area contributed by atoms with Crippen molar-refractivity contribution in [3.8, 4) is 0 Å². The van der Waals surface area contributed by atoms with E-state index >= 15 is 0 Å². The van der Waals surface area contributed by atoms with Gasteiger partial charge in [0.2, 0.25) is 0 Å². The summed E-state index contributed by atoms with van der Waals surface area (Å²) < 4.78 is 132. The third-order valence-electron chi connectivity index (χ3n) is 1.84. The summed E-state index contributed by atoms with van der Waals surface area (Å²) in [5.41, 5.74) is -9.64. The SMILES string of the molecule is C/C(=C(\F)C(F)(C(F)(F)F)C(F)(F)F)C(F)(F)F. The van der Waals surface area contributed by atoms with Gasteiger partial charge in [-0.05, 0) is 6.92 Å². The summed E-state index contributed by atoms with van der Waals surface area (Å²) in [7, 11) is 0. The maximum absolute atomic E-state index is 12.8. The quantitative estimate of drug-likeness (QED) is 0.619. The second kappa shape index (κ2) is 4.26. The second-order valence-electron chi connectivity index (χ2n) is 3.09. The lowest BCUT2D eigenvalue weighted by Gasteiger charge is -2.29. The van der Waals surface area contributed by atoms with Crippen molar-refractivity contribution in [3.05, 3.63) is 11.4 Å². The molecule has 0 spiro atoms. The summed E-state index contributed by atoms with van der Waals surface area (Å²) in [5.74, 6) is -3.98. The number of rotatable bonds is 1. The molecule has 0 radical (unpaired) electrons. The molecule has 0 fully saturated rings. The Morgan fingerprint density at radius 3 is 1.11 bits per heavy atom. The van der Waals surface area contributed by atoms with Crippen molar-refractivity contribution in [3.63, 3.8) is 0 Å². The molecule has 0 N–H and O–H groups in total. The highest BCUT2D eigenvalue weighted by molar-refractivity contribution is 5.25. The van der Waals surface area contributed by atoms with Crippen LogP contribution in [0.2, 0.25) is 0 Å². The van der Waals surface area contributed by atoms with E-state index in [0.717, 1.165) is 0 Å². The summed E-state index contributed by atoms with van der Waals surface area (Å²) in [6.45, 7) is -0.429. The van der Waals surface area contributed by atoms with Crippen molar-refractivity contribution < 1.29 is 48.3 Å². The van der Waals surface area contributed by atoms with Crippen LogP contribution in [-0.2, 0) is 0 Å². The minimum absolute atomic E-state index is 0.429. The normalized spacial score (nSPS) is 16.7. The van der Waals surface area contributed by atoms with Gasteiger partial charge in [0.25, 0.3) is 0 Å². The number of hydrogen-bond acceptors (Lipinski definition) is 0. The summed E-state index contributed by atoms with van der Waals surface area (Å²) in [5, 5.41) is 0. The fraction of sp³-hybridized carbons (Fsp3) is 0.714. The topological polar surface area (TPSA) is 0 Å². The van der Waals surface area contributed by atoms with E-state index in [2.05, 4.69) is 0 Å². The van der Waals surface area contributed by atoms with E-state index in [1.165, 1.54) is 0 Å². The van der Waals surface area contributed by atoms with Crippen LogP contribution >= 0.6 is 0 Å². The molecule has 0 bridgehead atoms. The molecule has 0 aliphatic rings. The van der Waals surface area contributed by atoms with Crippen molar-refractivity contribution in [2.75, 3.05) is 0 Å². The molecule has 0 nitrogen and oxygen atoms in total. The molecule has 11 heteroatoms. The summed E-state index contributed by atoms with van der Waals surface area (Å²) in [4.78, 5) is 0. The van der Waals surface area contributed by atoms with Gasteiger partial charge in [-0.25, -0.2) is 8.78 Å². The van der Waals surface area contributed by atoms with E-state index in [4.69, 9.17) is 0 Å². The average Bonchev–Trinajstić information content (AvgIpc) is 2.08. The van der Waals surface area contributed by atoms with E-state index in [9.17, 15) is 48.3 Å². The van der Waals surface area contributed by atoms with E-state index in [0.29, 0.717) is 0 Å². The molecule has 0 aliphatic heterocycles. The van der Waals surface area contributed by atoms with Gasteiger partial charge in [-0.15, -0.1) is 0 Å². The number of hydrogen-bond donors (Lipinski definition) is 0. The molecule has 0 aromatic rings. The first-order valence-corrected chi connectivity index (χ1v) is 3.83. The van der Waals surface area contributed by atoms with E-state index in [1.807, 2.05) is 0 Å². The molecule has 0 atom stereocenters. The van der Waals surface area contributed by atoms with Crippen LogP contribution in [0.5, 0.6) is 0 Å².